The van der Waals surface area contributed by atoms with E-state index >= 15 is 0 Å². The summed E-state index contributed by atoms with van der Waals surface area (Å²) in [6, 6.07) is 0. The van der Waals surface area contributed by atoms with E-state index in [4.69, 9.17) is 25.8 Å². The number of aliphatic hydroxyl groups is 1. The summed E-state index contributed by atoms with van der Waals surface area (Å²) >= 11 is 6.48. The quantitative estimate of drug-likeness (QED) is 0.681. The van der Waals surface area contributed by atoms with Crippen LogP contribution in [0.5, 0.6) is 0 Å². The lowest BCUT2D eigenvalue weighted by Gasteiger charge is -2.42. The van der Waals surface area contributed by atoms with Crippen molar-refractivity contribution in [3.8, 4) is 0 Å². The number of ether oxygens (including phenoxy) is 3. The summed E-state index contributed by atoms with van der Waals surface area (Å²) < 4.78 is 17.3. The van der Waals surface area contributed by atoms with Gasteiger partial charge in [-0.3, -0.25) is 9.59 Å². The standard InChI is InChI=1S/C23H27ClO6/c1-6-11(2)7-8-14-9-15-16(10-28-14)17-18-21(26)29-13(4)12(3)23(18,27)30-22(17,5)20(25)19(15)24/h7-13,17-18,27H,6H2,1-5H3/b8-7+. The summed E-state index contributed by atoms with van der Waals surface area (Å²) in [7, 11) is 0. The third-order valence-corrected chi connectivity index (χ3v) is 7.41. The van der Waals surface area contributed by atoms with E-state index in [-0.39, 0.29) is 5.03 Å². The minimum atomic E-state index is -1.84. The normalized spacial score (nSPS) is 41.4. The third kappa shape index (κ3) is 2.84. The molecule has 4 rings (SSSR count). The fourth-order valence-corrected chi connectivity index (χ4v) is 5.12. The highest BCUT2D eigenvalue weighted by molar-refractivity contribution is 6.45. The molecular formula is C23H27ClO6. The summed E-state index contributed by atoms with van der Waals surface area (Å²) in [5, 5.41) is 11.4. The number of fused-ring (bicyclic) bond motifs is 5. The van der Waals surface area contributed by atoms with Gasteiger partial charge in [-0.25, -0.2) is 0 Å². The minimum absolute atomic E-state index is 0.00839. The molecule has 2 saturated heterocycles. The molecule has 7 unspecified atom stereocenters. The lowest BCUT2D eigenvalue weighted by Crippen LogP contribution is -2.56. The van der Waals surface area contributed by atoms with Crippen molar-refractivity contribution in [2.75, 3.05) is 0 Å². The Balaban J connectivity index is 1.79. The van der Waals surface area contributed by atoms with E-state index in [0.717, 1.165) is 6.42 Å². The molecule has 7 atom stereocenters. The summed E-state index contributed by atoms with van der Waals surface area (Å²) in [6.07, 6.45) is 7.52. The number of hydrogen-bond acceptors (Lipinski definition) is 6. The molecule has 0 aromatic carbocycles. The van der Waals surface area contributed by atoms with E-state index in [1.165, 1.54) is 6.26 Å². The molecule has 162 valence electrons. The molecular weight excluding hydrogens is 408 g/mol. The second-order valence-corrected chi connectivity index (χ2v) is 9.26. The molecule has 0 bridgehead atoms. The minimum Gasteiger partial charge on any atom is -0.465 e. The zero-order chi connectivity index (χ0) is 22.0. The molecule has 0 aromatic heterocycles. The lowest BCUT2D eigenvalue weighted by molar-refractivity contribution is -0.286. The maximum absolute atomic E-state index is 13.3. The van der Waals surface area contributed by atoms with Crippen molar-refractivity contribution >= 4 is 23.4 Å². The van der Waals surface area contributed by atoms with Crippen LogP contribution in [0.15, 0.2) is 46.4 Å². The maximum atomic E-state index is 13.3. The summed E-state index contributed by atoms with van der Waals surface area (Å²) in [5.74, 6) is -4.31. The van der Waals surface area contributed by atoms with Gasteiger partial charge in [0.1, 0.15) is 23.4 Å². The highest BCUT2D eigenvalue weighted by atomic mass is 35.5. The van der Waals surface area contributed by atoms with Gasteiger partial charge in [0.15, 0.2) is 5.79 Å². The molecule has 3 aliphatic heterocycles. The van der Waals surface area contributed by atoms with Gasteiger partial charge in [0.2, 0.25) is 5.78 Å². The SMILES string of the molecule is CCC(C)/C=C/C1=CC2=C(Cl)C(=O)C3(C)OC4(O)C(C)C(C)OC(=O)C4C3C2=CO1. The Kier molecular flexibility index (Phi) is 5.03. The van der Waals surface area contributed by atoms with Crippen molar-refractivity contribution < 1.29 is 28.9 Å². The van der Waals surface area contributed by atoms with E-state index in [1.807, 2.05) is 12.2 Å². The first-order chi connectivity index (χ1) is 14.0. The van der Waals surface area contributed by atoms with Crippen LogP contribution in [-0.2, 0) is 23.8 Å². The fraction of sp³-hybridized carbons (Fsp3) is 0.565. The van der Waals surface area contributed by atoms with Crippen LogP contribution in [0.1, 0.15) is 41.0 Å². The predicted octanol–water partition coefficient (Wildman–Crippen LogP) is 3.75. The van der Waals surface area contributed by atoms with Crippen molar-refractivity contribution in [1.29, 1.82) is 0 Å². The van der Waals surface area contributed by atoms with Crippen LogP contribution in [0, 0.1) is 23.7 Å². The zero-order valence-electron chi connectivity index (χ0n) is 17.8. The van der Waals surface area contributed by atoms with Gasteiger partial charge in [-0.15, -0.1) is 0 Å². The number of carbonyl (C=O) groups is 2. The Morgan fingerprint density at radius 3 is 2.67 bits per heavy atom. The average Bonchev–Trinajstić information content (AvgIpc) is 2.98. The van der Waals surface area contributed by atoms with E-state index in [0.29, 0.717) is 22.8 Å². The largest absolute Gasteiger partial charge is 0.465 e. The first kappa shape index (κ1) is 21.3. The Labute approximate surface area is 181 Å². The monoisotopic (exact) mass is 434 g/mol. The van der Waals surface area contributed by atoms with Crippen LogP contribution >= 0.6 is 11.6 Å². The Morgan fingerprint density at radius 1 is 1.30 bits per heavy atom. The Hall–Kier alpha value is -1.89. The first-order valence-electron chi connectivity index (χ1n) is 10.4. The number of esters is 1. The Morgan fingerprint density at radius 2 is 2.00 bits per heavy atom. The predicted molar refractivity (Wildman–Crippen MR) is 110 cm³/mol. The summed E-state index contributed by atoms with van der Waals surface area (Å²) in [5.41, 5.74) is -0.446. The number of ketones is 1. The molecule has 0 saturated carbocycles. The molecule has 0 amide bonds. The van der Waals surface area contributed by atoms with Gasteiger partial charge in [-0.1, -0.05) is 44.9 Å². The van der Waals surface area contributed by atoms with E-state index in [2.05, 4.69) is 13.8 Å². The van der Waals surface area contributed by atoms with E-state index < -0.39 is 47.0 Å². The van der Waals surface area contributed by atoms with Gasteiger partial charge in [-0.05, 0) is 31.9 Å². The molecule has 0 spiro atoms. The molecule has 7 heteroatoms. The highest BCUT2D eigenvalue weighted by Gasteiger charge is 2.72. The molecule has 3 heterocycles. The average molecular weight is 435 g/mol. The van der Waals surface area contributed by atoms with Crippen molar-refractivity contribution in [2.45, 2.75) is 58.5 Å². The van der Waals surface area contributed by atoms with Crippen molar-refractivity contribution in [1.82, 2.24) is 0 Å². The van der Waals surface area contributed by atoms with Gasteiger partial charge in [0.25, 0.3) is 0 Å². The third-order valence-electron chi connectivity index (χ3n) is 7.03. The van der Waals surface area contributed by atoms with Crippen LogP contribution in [0.4, 0.5) is 0 Å². The van der Waals surface area contributed by atoms with E-state index in [9.17, 15) is 14.7 Å². The number of Topliss-reactive ketones (excluding diaryl/α,β-unsaturated/α-hetero) is 1. The zero-order valence-corrected chi connectivity index (χ0v) is 18.5. The van der Waals surface area contributed by atoms with Crippen LogP contribution < -0.4 is 0 Å². The van der Waals surface area contributed by atoms with Crippen LogP contribution in [0.3, 0.4) is 0 Å². The second-order valence-electron chi connectivity index (χ2n) is 8.89. The van der Waals surface area contributed by atoms with Gasteiger partial charge in [0.05, 0.1) is 11.3 Å². The summed E-state index contributed by atoms with van der Waals surface area (Å²) in [6.45, 7) is 9.20. The second kappa shape index (κ2) is 7.08. The number of allylic oxidation sites excluding steroid dienone is 4. The smallest absolute Gasteiger partial charge is 0.315 e. The number of rotatable bonds is 3. The van der Waals surface area contributed by atoms with Gasteiger partial charge < -0.3 is 19.3 Å². The van der Waals surface area contributed by atoms with Crippen molar-refractivity contribution in [2.24, 2.45) is 23.7 Å². The molecule has 0 radical (unpaired) electrons. The molecule has 2 fully saturated rings. The maximum Gasteiger partial charge on any atom is 0.315 e. The molecule has 0 aromatic rings. The molecule has 30 heavy (non-hydrogen) atoms. The molecule has 4 aliphatic rings. The van der Waals surface area contributed by atoms with Crippen LogP contribution in [-0.4, -0.2) is 34.4 Å². The highest BCUT2D eigenvalue weighted by Crippen LogP contribution is 2.60. The number of cyclic esters (lactones) is 1. The van der Waals surface area contributed by atoms with Crippen LogP contribution in [0.25, 0.3) is 0 Å². The fourth-order valence-electron chi connectivity index (χ4n) is 4.77. The lowest BCUT2D eigenvalue weighted by atomic mass is 9.65. The Bertz CT molecular complexity index is 930. The molecule has 6 nitrogen and oxygen atoms in total. The number of halogens is 1. The number of hydrogen-bond donors (Lipinski definition) is 1. The van der Waals surface area contributed by atoms with Gasteiger partial charge in [0, 0.05) is 23.0 Å². The van der Waals surface area contributed by atoms with Crippen molar-refractivity contribution in [3.63, 3.8) is 0 Å². The van der Waals surface area contributed by atoms with Crippen molar-refractivity contribution in [3.05, 3.63) is 46.4 Å². The topological polar surface area (TPSA) is 82.1 Å². The van der Waals surface area contributed by atoms with Gasteiger partial charge in [-0.2, -0.15) is 0 Å². The molecule has 1 aliphatic carbocycles. The van der Waals surface area contributed by atoms with Crippen LogP contribution in [0.2, 0.25) is 0 Å². The number of carbonyl (C=O) groups excluding carboxylic acids is 2. The van der Waals surface area contributed by atoms with E-state index in [1.54, 1.807) is 26.8 Å². The first-order valence-corrected chi connectivity index (χ1v) is 10.8. The summed E-state index contributed by atoms with van der Waals surface area (Å²) in [4.78, 5) is 26.1. The van der Waals surface area contributed by atoms with Gasteiger partial charge >= 0.3 is 5.97 Å². The molecule has 1 N–H and O–H groups in total.